The Kier molecular flexibility index (Phi) is 5.61. The Bertz CT molecular complexity index is 1280. The molecule has 29 heavy (non-hydrogen) atoms. The summed E-state index contributed by atoms with van der Waals surface area (Å²) >= 11 is 2.15. The number of anilines is 2. The summed E-state index contributed by atoms with van der Waals surface area (Å²) in [7, 11) is 0. The number of nitrogens with zero attached hydrogens (tertiary/aromatic N) is 5. The van der Waals surface area contributed by atoms with Crippen LogP contribution in [0.4, 0.5) is 11.8 Å². The van der Waals surface area contributed by atoms with Gasteiger partial charge in [-0.3, -0.25) is 10.1 Å². The van der Waals surface area contributed by atoms with Gasteiger partial charge in [-0.15, -0.1) is 5.10 Å². The number of benzene rings is 2. The monoisotopic (exact) mass is 495 g/mol. The fourth-order valence-electron chi connectivity index (χ4n) is 3.08. The summed E-state index contributed by atoms with van der Waals surface area (Å²) in [6, 6.07) is 17.9. The maximum absolute atomic E-state index is 4.75. The molecule has 0 radical (unpaired) electrons. The molecule has 0 aliphatic heterocycles. The van der Waals surface area contributed by atoms with E-state index in [0.717, 1.165) is 33.2 Å². The van der Waals surface area contributed by atoms with Gasteiger partial charge in [-0.05, 0) is 35.4 Å². The lowest BCUT2D eigenvalue weighted by Crippen LogP contribution is -2.01. The molecule has 2 aromatic carbocycles. The van der Waals surface area contributed by atoms with Crippen LogP contribution in [0.25, 0.3) is 33.2 Å². The zero-order valence-corrected chi connectivity index (χ0v) is 18.0. The smallest absolute Gasteiger partial charge is 0.247 e. The predicted octanol–water partition coefficient (Wildman–Crippen LogP) is 5.07. The molecule has 0 aliphatic carbocycles. The van der Waals surface area contributed by atoms with E-state index in [2.05, 4.69) is 54.1 Å². The lowest BCUT2D eigenvalue weighted by molar-refractivity contribution is 1.04. The van der Waals surface area contributed by atoms with Crippen molar-refractivity contribution in [3.63, 3.8) is 0 Å². The van der Waals surface area contributed by atoms with Crippen molar-refractivity contribution < 1.29 is 0 Å². The Hall–Kier alpha value is -3.14. The Balaban J connectivity index is 0.000000994. The molecule has 7 nitrogen and oxygen atoms in total. The third-order valence-electron chi connectivity index (χ3n) is 4.32. The minimum Gasteiger partial charge on any atom is -0.307 e. The molecule has 0 unspecified atom stereocenters. The van der Waals surface area contributed by atoms with Gasteiger partial charge in [0.05, 0.1) is 5.52 Å². The van der Waals surface area contributed by atoms with Crippen molar-refractivity contribution in [3.05, 3.63) is 66.6 Å². The van der Waals surface area contributed by atoms with E-state index >= 15 is 0 Å². The molecule has 5 rings (SSSR count). The molecule has 0 amide bonds. The third-order valence-corrected chi connectivity index (χ3v) is 4.32. The number of H-pyrrole nitrogens is 1. The van der Waals surface area contributed by atoms with Crippen LogP contribution in [0, 0.1) is 6.92 Å². The number of aromatic nitrogens is 6. The van der Waals surface area contributed by atoms with Crippen LogP contribution in [0.3, 0.4) is 0 Å². The van der Waals surface area contributed by atoms with Crippen LogP contribution in [0.15, 0.2) is 60.8 Å². The summed E-state index contributed by atoms with van der Waals surface area (Å²) in [5, 5.41) is 13.2. The number of aromatic amines is 1. The number of hydrogen-bond acceptors (Lipinski definition) is 6. The maximum atomic E-state index is 4.75. The average Bonchev–Trinajstić information content (AvgIpc) is 3.19. The molecule has 0 spiro atoms. The number of aryl methyl sites for hydroxylation is 1. The Labute approximate surface area is 181 Å². The van der Waals surface area contributed by atoms with E-state index in [-0.39, 0.29) is 0 Å². The van der Waals surface area contributed by atoms with E-state index in [1.54, 1.807) is 6.20 Å². The van der Waals surface area contributed by atoms with Crippen molar-refractivity contribution in [2.45, 2.75) is 6.92 Å². The minimum atomic E-state index is 0.466. The highest BCUT2D eigenvalue weighted by Crippen LogP contribution is 2.29. The molecule has 5 aromatic rings. The second kappa shape index (κ2) is 8.48. The Morgan fingerprint density at radius 1 is 0.862 bits per heavy atom. The first-order valence-corrected chi connectivity index (χ1v) is 11.1. The standard InChI is InChI=1S/C20H15N7.CH3I/c1-12-22-20(27-26-12)25-18-15-8-4-5-9-16(15)23-19(24-18)17-14-7-3-2-6-13(14)10-11-21-17;1-2/h2-11H,1H3,(H2,22,23,24,25,26,27);1H3. The lowest BCUT2D eigenvalue weighted by Gasteiger charge is -2.10. The first kappa shape index (κ1) is 19.2. The molecule has 0 saturated carbocycles. The summed E-state index contributed by atoms with van der Waals surface area (Å²) in [6.07, 6.45) is 1.78. The molecule has 144 valence electrons. The quantitative estimate of drug-likeness (QED) is 0.268. The predicted molar refractivity (Wildman–Crippen MR) is 125 cm³/mol. The summed E-state index contributed by atoms with van der Waals surface area (Å²) < 4.78 is 0. The highest BCUT2D eigenvalue weighted by molar-refractivity contribution is 14.1. The number of hydrogen-bond donors (Lipinski definition) is 2. The fraction of sp³-hybridized carbons (Fsp3) is 0.0952. The Morgan fingerprint density at radius 3 is 2.41 bits per heavy atom. The van der Waals surface area contributed by atoms with E-state index in [4.69, 9.17) is 9.97 Å². The first-order chi connectivity index (χ1) is 14.3. The molecule has 0 bridgehead atoms. The third kappa shape index (κ3) is 3.88. The molecule has 3 aromatic heterocycles. The summed E-state index contributed by atoms with van der Waals surface area (Å²) in [5.74, 6) is 2.39. The van der Waals surface area contributed by atoms with Gasteiger partial charge in [-0.2, -0.15) is 4.98 Å². The van der Waals surface area contributed by atoms with Gasteiger partial charge in [0.15, 0.2) is 5.82 Å². The van der Waals surface area contributed by atoms with Gasteiger partial charge in [0.1, 0.15) is 17.3 Å². The molecule has 2 N–H and O–H groups in total. The fourth-order valence-corrected chi connectivity index (χ4v) is 3.08. The van der Waals surface area contributed by atoms with Gasteiger partial charge in [0, 0.05) is 17.0 Å². The van der Waals surface area contributed by atoms with Crippen molar-refractivity contribution >= 4 is 56.0 Å². The van der Waals surface area contributed by atoms with Gasteiger partial charge >= 0.3 is 0 Å². The van der Waals surface area contributed by atoms with Crippen molar-refractivity contribution in [1.29, 1.82) is 0 Å². The molecule has 0 saturated heterocycles. The van der Waals surface area contributed by atoms with Crippen LogP contribution >= 0.6 is 22.6 Å². The van der Waals surface area contributed by atoms with E-state index in [1.807, 2.05) is 60.4 Å². The minimum absolute atomic E-state index is 0.466. The van der Waals surface area contributed by atoms with Crippen molar-refractivity contribution in [1.82, 2.24) is 30.1 Å². The van der Waals surface area contributed by atoms with E-state index in [1.165, 1.54) is 0 Å². The second-order valence-corrected chi connectivity index (χ2v) is 6.16. The number of nitrogens with one attached hydrogen (secondary N) is 2. The normalized spacial score (nSPS) is 10.6. The first-order valence-electron chi connectivity index (χ1n) is 8.93. The summed E-state index contributed by atoms with van der Waals surface area (Å²) in [4.78, 5) is 20.3. The van der Waals surface area contributed by atoms with Gasteiger partial charge < -0.3 is 5.32 Å². The van der Waals surface area contributed by atoms with Crippen LogP contribution in [0.1, 0.15) is 5.82 Å². The zero-order chi connectivity index (χ0) is 20.2. The highest BCUT2D eigenvalue weighted by atomic mass is 127. The van der Waals surface area contributed by atoms with Gasteiger partial charge in [0.2, 0.25) is 5.95 Å². The molecular formula is C21H18IN7. The van der Waals surface area contributed by atoms with Crippen molar-refractivity contribution in [2.75, 3.05) is 10.2 Å². The summed E-state index contributed by atoms with van der Waals surface area (Å²) in [6.45, 7) is 1.85. The largest absolute Gasteiger partial charge is 0.307 e. The van der Waals surface area contributed by atoms with Crippen LogP contribution < -0.4 is 5.32 Å². The van der Waals surface area contributed by atoms with Crippen LogP contribution in [0.5, 0.6) is 0 Å². The lowest BCUT2D eigenvalue weighted by atomic mass is 10.1. The van der Waals surface area contributed by atoms with Crippen LogP contribution in [0.2, 0.25) is 0 Å². The average molecular weight is 495 g/mol. The number of fused-ring (bicyclic) bond motifs is 2. The molecular weight excluding hydrogens is 477 g/mol. The van der Waals surface area contributed by atoms with Gasteiger partial charge in [-0.25, -0.2) is 9.97 Å². The number of pyridine rings is 1. The molecule has 0 aliphatic rings. The Morgan fingerprint density at radius 2 is 1.62 bits per heavy atom. The molecule has 3 heterocycles. The highest BCUT2D eigenvalue weighted by Gasteiger charge is 2.14. The second-order valence-electron chi connectivity index (χ2n) is 6.16. The van der Waals surface area contributed by atoms with E-state index in [9.17, 15) is 0 Å². The number of alkyl halides is 1. The van der Waals surface area contributed by atoms with Crippen molar-refractivity contribution in [2.24, 2.45) is 0 Å². The summed E-state index contributed by atoms with van der Waals surface area (Å²) in [5.41, 5.74) is 1.57. The van der Waals surface area contributed by atoms with Crippen LogP contribution in [-0.2, 0) is 0 Å². The van der Waals surface area contributed by atoms with Crippen molar-refractivity contribution in [3.8, 4) is 11.5 Å². The van der Waals surface area contributed by atoms with Gasteiger partial charge in [0.25, 0.3) is 0 Å². The molecule has 0 fully saturated rings. The number of halogens is 1. The topological polar surface area (TPSA) is 92.3 Å². The number of para-hydroxylation sites is 1. The maximum Gasteiger partial charge on any atom is 0.247 e. The molecule has 8 heteroatoms. The van der Waals surface area contributed by atoms with E-state index < -0.39 is 0 Å². The number of rotatable bonds is 3. The SMILES string of the molecule is CI.Cc1nc(Nc2nc(-c3nccc4ccccc34)nc3ccccc23)n[nH]1. The van der Waals surface area contributed by atoms with E-state index in [0.29, 0.717) is 17.6 Å². The molecule has 0 atom stereocenters. The van der Waals surface area contributed by atoms with Crippen LogP contribution in [-0.4, -0.2) is 35.1 Å². The van der Waals surface area contributed by atoms with Gasteiger partial charge in [-0.1, -0.05) is 59.0 Å². The zero-order valence-electron chi connectivity index (χ0n) is 15.9.